The molecule has 0 bridgehead atoms. The van der Waals surface area contributed by atoms with Gasteiger partial charge in [0.25, 0.3) is 0 Å². The number of fused-ring (bicyclic) bond motifs is 1. The standard InChI is InChI=1S/C29H45F2NO2/c1-18(16-32-13-11-21(17-32)14-27(30)31)24-9-10-25-22(6-5-12-29(24,25)4)7-8-23-15-26(33)20(3)28(34)19(23)2/h7-8,18,20-21,24-28,33-34H,2,5-6,9-17H2,1,3-4H3/b22-7+,23-8-/t18?,20-,21-,24+,25-,26+,28+,29+/m0/s1. The zero-order valence-electron chi connectivity index (χ0n) is 21.4. The van der Waals surface area contributed by atoms with E-state index in [-0.39, 0.29) is 18.3 Å². The van der Waals surface area contributed by atoms with Crippen LogP contribution in [0.4, 0.5) is 8.78 Å². The first-order chi connectivity index (χ1) is 16.1. The van der Waals surface area contributed by atoms with Gasteiger partial charge >= 0.3 is 0 Å². The summed E-state index contributed by atoms with van der Waals surface area (Å²) in [7, 11) is 0. The molecule has 4 rings (SSSR count). The second-order valence-electron chi connectivity index (χ2n) is 12.1. The maximum absolute atomic E-state index is 12.8. The number of alkyl halides is 2. The van der Waals surface area contributed by atoms with Crippen molar-refractivity contribution in [2.75, 3.05) is 19.6 Å². The van der Waals surface area contributed by atoms with Crippen molar-refractivity contribution in [2.45, 2.75) is 90.8 Å². The third-order valence-corrected chi connectivity index (χ3v) is 9.95. The molecule has 1 heterocycles. The Morgan fingerprint density at radius 1 is 1.21 bits per heavy atom. The van der Waals surface area contributed by atoms with E-state index in [0.29, 0.717) is 29.6 Å². The van der Waals surface area contributed by atoms with Crippen molar-refractivity contribution < 1.29 is 19.0 Å². The van der Waals surface area contributed by atoms with Gasteiger partial charge in [0, 0.05) is 25.4 Å². The maximum atomic E-state index is 12.8. The number of halogens is 2. The average Bonchev–Trinajstić information content (AvgIpc) is 3.36. The van der Waals surface area contributed by atoms with E-state index in [9.17, 15) is 19.0 Å². The Balaban J connectivity index is 1.42. The van der Waals surface area contributed by atoms with Gasteiger partial charge in [-0.2, -0.15) is 0 Å². The van der Waals surface area contributed by atoms with Crippen LogP contribution in [0.5, 0.6) is 0 Å². The van der Waals surface area contributed by atoms with Gasteiger partial charge in [-0.25, -0.2) is 8.78 Å². The van der Waals surface area contributed by atoms with Gasteiger partial charge < -0.3 is 15.1 Å². The molecule has 5 heteroatoms. The summed E-state index contributed by atoms with van der Waals surface area (Å²) in [6.07, 6.45) is 8.59. The van der Waals surface area contributed by atoms with Gasteiger partial charge in [-0.3, -0.25) is 0 Å². The molecule has 34 heavy (non-hydrogen) atoms. The summed E-state index contributed by atoms with van der Waals surface area (Å²) in [5.74, 6) is 1.81. The molecule has 3 saturated carbocycles. The minimum absolute atomic E-state index is 0.0527. The molecule has 4 fully saturated rings. The van der Waals surface area contributed by atoms with Crippen molar-refractivity contribution in [1.29, 1.82) is 0 Å². The number of rotatable bonds is 6. The largest absolute Gasteiger partial charge is 0.392 e. The summed E-state index contributed by atoms with van der Waals surface area (Å²) in [6, 6.07) is 0. The van der Waals surface area contributed by atoms with Crippen LogP contribution >= 0.6 is 0 Å². The first-order valence-corrected chi connectivity index (χ1v) is 13.6. The average molecular weight is 478 g/mol. The van der Waals surface area contributed by atoms with Crippen LogP contribution in [0, 0.1) is 35.0 Å². The molecule has 1 unspecified atom stereocenters. The number of hydrogen-bond acceptors (Lipinski definition) is 3. The van der Waals surface area contributed by atoms with Crippen molar-refractivity contribution in [3.05, 3.63) is 35.5 Å². The molecule has 3 aliphatic carbocycles. The molecule has 192 valence electrons. The van der Waals surface area contributed by atoms with Crippen molar-refractivity contribution >= 4 is 0 Å². The smallest absolute Gasteiger partial charge is 0.238 e. The number of nitrogens with zero attached hydrogens (tertiary/aromatic N) is 1. The fourth-order valence-electron chi connectivity index (χ4n) is 7.91. The molecule has 8 atom stereocenters. The predicted molar refractivity (Wildman–Crippen MR) is 134 cm³/mol. The second kappa shape index (κ2) is 10.5. The number of aliphatic hydroxyl groups excluding tert-OH is 2. The molecular weight excluding hydrogens is 432 g/mol. The predicted octanol–water partition coefficient (Wildman–Crippen LogP) is 5.99. The van der Waals surface area contributed by atoms with Crippen LogP contribution in [0.3, 0.4) is 0 Å². The summed E-state index contributed by atoms with van der Waals surface area (Å²) >= 11 is 0. The topological polar surface area (TPSA) is 43.7 Å². The lowest BCUT2D eigenvalue weighted by atomic mass is 9.61. The van der Waals surface area contributed by atoms with Crippen LogP contribution < -0.4 is 0 Å². The van der Waals surface area contributed by atoms with Crippen molar-refractivity contribution in [3.63, 3.8) is 0 Å². The first-order valence-electron chi connectivity index (χ1n) is 13.6. The monoisotopic (exact) mass is 477 g/mol. The Labute approximate surface area is 205 Å². The molecule has 0 aromatic carbocycles. The van der Waals surface area contributed by atoms with Crippen LogP contribution in [-0.4, -0.2) is 53.4 Å². The Bertz CT molecular complexity index is 808. The molecule has 1 saturated heterocycles. The molecule has 4 aliphatic rings. The Morgan fingerprint density at radius 2 is 1.97 bits per heavy atom. The first kappa shape index (κ1) is 26.0. The lowest BCUT2D eigenvalue weighted by Gasteiger charge is -2.45. The number of allylic oxidation sites excluding steroid dienone is 3. The minimum Gasteiger partial charge on any atom is -0.392 e. The van der Waals surface area contributed by atoms with E-state index >= 15 is 0 Å². The highest BCUT2D eigenvalue weighted by atomic mass is 19.3. The van der Waals surface area contributed by atoms with E-state index in [1.54, 1.807) is 0 Å². The van der Waals surface area contributed by atoms with Crippen LogP contribution in [-0.2, 0) is 0 Å². The normalized spacial score (nSPS) is 42.6. The van der Waals surface area contributed by atoms with Crippen molar-refractivity contribution in [2.24, 2.45) is 35.0 Å². The molecule has 0 amide bonds. The summed E-state index contributed by atoms with van der Waals surface area (Å²) in [5, 5.41) is 20.8. The van der Waals surface area contributed by atoms with E-state index < -0.39 is 18.6 Å². The van der Waals surface area contributed by atoms with Crippen LogP contribution in [0.1, 0.15) is 72.1 Å². The second-order valence-corrected chi connectivity index (χ2v) is 12.1. The molecule has 0 radical (unpaired) electrons. The number of aliphatic hydroxyl groups is 2. The maximum Gasteiger partial charge on any atom is 0.238 e. The van der Waals surface area contributed by atoms with Crippen molar-refractivity contribution in [3.8, 4) is 0 Å². The van der Waals surface area contributed by atoms with Gasteiger partial charge in [0.15, 0.2) is 0 Å². The third kappa shape index (κ3) is 5.22. The van der Waals surface area contributed by atoms with E-state index in [1.165, 1.54) is 31.3 Å². The fourth-order valence-corrected chi connectivity index (χ4v) is 7.91. The Kier molecular flexibility index (Phi) is 8.06. The zero-order chi connectivity index (χ0) is 24.6. The molecule has 0 aromatic heterocycles. The highest BCUT2D eigenvalue weighted by molar-refractivity contribution is 5.39. The summed E-state index contributed by atoms with van der Waals surface area (Å²) in [6.45, 7) is 13.7. The van der Waals surface area contributed by atoms with E-state index in [1.807, 2.05) is 6.92 Å². The molecule has 2 N–H and O–H groups in total. The van der Waals surface area contributed by atoms with Crippen molar-refractivity contribution in [1.82, 2.24) is 4.90 Å². The fraction of sp³-hybridized carbons (Fsp3) is 0.793. The Morgan fingerprint density at radius 3 is 2.71 bits per heavy atom. The van der Waals surface area contributed by atoms with Gasteiger partial charge in [0.2, 0.25) is 6.43 Å². The quantitative estimate of drug-likeness (QED) is 0.494. The van der Waals surface area contributed by atoms with Gasteiger partial charge in [-0.05, 0) is 91.7 Å². The van der Waals surface area contributed by atoms with Crippen LogP contribution in [0.2, 0.25) is 0 Å². The molecular formula is C29H45F2NO2. The van der Waals surface area contributed by atoms with Gasteiger partial charge in [0.1, 0.15) is 0 Å². The molecule has 0 aromatic rings. The molecule has 1 aliphatic heterocycles. The number of hydrogen-bond donors (Lipinski definition) is 2. The lowest BCUT2D eigenvalue weighted by molar-refractivity contribution is 0.0283. The summed E-state index contributed by atoms with van der Waals surface area (Å²) in [5.41, 5.74) is 3.54. The Hall–Kier alpha value is -1.04. The van der Waals surface area contributed by atoms with Gasteiger partial charge in [-0.1, -0.05) is 45.1 Å². The molecule has 0 spiro atoms. The SMILES string of the molecule is C=C1/C(=C\C=C2/CCC[C@]3(C)[C@@H](C(C)CN4CC[C@@H](CC(F)F)C4)CC[C@@H]23)C[C@@H](O)[C@H](C)[C@@H]1O. The van der Waals surface area contributed by atoms with Gasteiger partial charge in [-0.15, -0.1) is 0 Å². The highest BCUT2D eigenvalue weighted by Gasteiger charge is 2.51. The van der Waals surface area contributed by atoms with Crippen LogP contribution in [0.25, 0.3) is 0 Å². The number of likely N-dealkylation sites (tertiary alicyclic amines) is 1. The summed E-state index contributed by atoms with van der Waals surface area (Å²) < 4.78 is 25.6. The highest BCUT2D eigenvalue weighted by Crippen LogP contribution is 2.59. The lowest BCUT2D eigenvalue weighted by Crippen LogP contribution is -2.39. The van der Waals surface area contributed by atoms with E-state index in [0.717, 1.165) is 43.6 Å². The molecule has 3 nitrogen and oxygen atoms in total. The van der Waals surface area contributed by atoms with E-state index in [4.69, 9.17) is 0 Å². The van der Waals surface area contributed by atoms with E-state index in [2.05, 4.69) is 37.5 Å². The van der Waals surface area contributed by atoms with Crippen LogP contribution in [0.15, 0.2) is 35.5 Å². The zero-order valence-corrected chi connectivity index (χ0v) is 21.4. The minimum atomic E-state index is -2.18. The van der Waals surface area contributed by atoms with Gasteiger partial charge in [0.05, 0.1) is 12.2 Å². The third-order valence-electron chi connectivity index (χ3n) is 9.95. The summed E-state index contributed by atoms with van der Waals surface area (Å²) in [4.78, 5) is 2.44.